The van der Waals surface area contributed by atoms with Crippen molar-refractivity contribution < 1.29 is 0 Å². The maximum atomic E-state index is 4.23. The molecule has 1 aromatic heterocycles. The number of aromatic nitrogens is 2. The smallest absolute Gasteiger partial charge is 0.206 e. The van der Waals surface area contributed by atoms with E-state index < -0.39 is 0 Å². The third-order valence-corrected chi connectivity index (χ3v) is 4.94. The third kappa shape index (κ3) is 3.63. The van der Waals surface area contributed by atoms with Crippen LogP contribution >= 0.6 is 23.1 Å². The van der Waals surface area contributed by atoms with Gasteiger partial charge in [0, 0.05) is 11.8 Å². The molecule has 0 radical (unpaired) electrons. The van der Waals surface area contributed by atoms with Crippen molar-refractivity contribution in [1.29, 1.82) is 0 Å². The van der Waals surface area contributed by atoms with Gasteiger partial charge < -0.3 is 5.32 Å². The Kier molecular flexibility index (Phi) is 4.46. The summed E-state index contributed by atoms with van der Waals surface area (Å²) in [5, 5.41) is 13.5. The number of hydrogen-bond donors (Lipinski definition) is 1. The van der Waals surface area contributed by atoms with E-state index in [1.54, 1.807) is 11.3 Å². The second kappa shape index (κ2) is 5.87. The summed E-state index contributed by atoms with van der Waals surface area (Å²) in [7, 11) is 0. The summed E-state index contributed by atoms with van der Waals surface area (Å²) in [5.41, 5.74) is 0. The molecule has 90 valence electrons. The zero-order valence-corrected chi connectivity index (χ0v) is 11.5. The molecular formula is C11H19N3S2. The van der Waals surface area contributed by atoms with Crippen molar-refractivity contribution in [2.75, 3.05) is 11.9 Å². The molecule has 1 heterocycles. The van der Waals surface area contributed by atoms with E-state index in [0.29, 0.717) is 5.92 Å². The van der Waals surface area contributed by atoms with Crippen molar-refractivity contribution in [2.45, 2.75) is 49.1 Å². The molecule has 0 aromatic carbocycles. The second-order valence-electron chi connectivity index (χ2n) is 4.67. The minimum atomic E-state index is 0.648. The SMILES string of the molecule is CC(C)CNc1nnc(SC2CCCC2)s1. The number of nitrogens with zero attached hydrogens (tertiary/aromatic N) is 2. The van der Waals surface area contributed by atoms with Crippen LogP contribution in [0.2, 0.25) is 0 Å². The summed E-state index contributed by atoms with van der Waals surface area (Å²) in [4.78, 5) is 0. The first kappa shape index (κ1) is 12.2. The van der Waals surface area contributed by atoms with Crippen molar-refractivity contribution in [3.05, 3.63) is 0 Å². The molecule has 0 spiro atoms. The standard InChI is InChI=1S/C11H19N3S2/c1-8(2)7-12-10-13-14-11(16-10)15-9-5-3-4-6-9/h8-9H,3-7H2,1-2H3,(H,12,13). The first-order valence-electron chi connectivity index (χ1n) is 5.98. The van der Waals surface area contributed by atoms with Crippen LogP contribution in [0, 0.1) is 5.92 Å². The minimum absolute atomic E-state index is 0.648. The summed E-state index contributed by atoms with van der Waals surface area (Å²) in [6.45, 7) is 5.37. The van der Waals surface area contributed by atoms with Gasteiger partial charge in [-0.25, -0.2) is 0 Å². The van der Waals surface area contributed by atoms with Crippen LogP contribution in [0.15, 0.2) is 4.34 Å². The molecule has 0 bridgehead atoms. The van der Waals surface area contributed by atoms with Gasteiger partial charge in [0.2, 0.25) is 5.13 Å². The number of hydrogen-bond acceptors (Lipinski definition) is 5. The first-order valence-corrected chi connectivity index (χ1v) is 7.67. The Bertz CT molecular complexity index is 319. The fourth-order valence-electron chi connectivity index (χ4n) is 1.77. The zero-order valence-electron chi connectivity index (χ0n) is 9.90. The van der Waals surface area contributed by atoms with E-state index in [1.807, 2.05) is 11.8 Å². The predicted octanol–water partition coefficient (Wildman–Crippen LogP) is 3.64. The number of thioether (sulfide) groups is 1. The largest absolute Gasteiger partial charge is 0.360 e. The fraction of sp³-hybridized carbons (Fsp3) is 0.818. The highest BCUT2D eigenvalue weighted by atomic mass is 32.2. The van der Waals surface area contributed by atoms with Crippen LogP contribution in [0.25, 0.3) is 0 Å². The lowest BCUT2D eigenvalue weighted by Crippen LogP contribution is -2.07. The molecule has 1 saturated carbocycles. The zero-order chi connectivity index (χ0) is 11.4. The van der Waals surface area contributed by atoms with Crippen LogP contribution in [-0.4, -0.2) is 22.0 Å². The van der Waals surface area contributed by atoms with Crippen LogP contribution < -0.4 is 5.32 Å². The van der Waals surface area contributed by atoms with E-state index in [9.17, 15) is 0 Å². The van der Waals surface area contributed by atoms with Gasteiger partial charge in [-0.15, -0.1) is 10.2 Å². The van der Waals surface area contributed by atoms with E-state index in [1.165, 1.54) is 25.7 Å². The first-order chi connectivity index (χ1) is 7.74. The molecule has 2 rings (SSSR count). The summed E-state index contributed by atoms with van der Waals surface area (Å²) in [5.74, 6) is 0.648. The molecular weight excluding hydrogens is 238 g/mol. The second-order valence-corrected chi connectivity index (χ2v) is 7.20. The lowest BCUT2D eigenvalue weighted by atomic mass is 10.2. The Labute approximate surface area is 105 Å². The quantitative estimate of drug-likeness (QED) is 0.874. The van der Waals surface area contributed by atoms with Crippen LogP contribution in [0.5, 0.6) is 0 Å². The monoisotopic (exact) mass is 257 g/mol. The molecule has 0 aliphatic heterocycles. The highest BCUT2D eigenvalue weighted by Gasteiger charge is 2.18. The highest BCUT2D eigenvalue weighted by molar-refractivity contribution is 8.01. The molecule has 1 fully saturated rings. The molecule has 1 aliphatic rings. The summed E-state index contributed by atoms with van der Waals surface area (Å²) >= 11 is 3.60. The normalized spacial score (nSPS) is 17.2. The summed E-state index contributed by atoms with van der Waals surface area (Å²) in [6.07, 6.45) is 5.46. The van der Waals surface area contributed by atoms with Crippen molar-refractivity contribution in [3.63, 3.8) is 0 Å². The number of anilines is 1. The Morgan fingerprint density at radius 1 is 1.38 bits per heavy atom. The maximum absolute atomic E-state index is 4.23. The fourth-order valence-corrected chi connectivity index (χ4v) is 4.03. The topological polar surface area (TPSA) is 37.8 Å². The average molecular weight is 257 g/mol. The van der Waals surface area contributed by atoms with Crippen LogP contribution in [-0.2, 0) is 0 Å². The Morgan fingerprint density at radius 2 is 2.12 bits per heavy atom. The van der Waals surface area contributed by atoms with Gasteiger partial charge in [-0.2, -0.15) is 0 Å². The molecule has 0 saturated heterocycles. The van der Waals surface area contributed by atoms with Crippen molar-refractivity contribution >= 4 is 28.2 Å². The minimum Gasteiger partial charge on any atom is -0.360 e. The van der Waals surface area contributed by atoms with Crippen LogP contribution in [0.1, 0.15) is 39.5 Å². The van der Waals surface area contributed by atoms with E-state index in [4.69, 9.17) is 0 Å². The van der Waals surface area contributed by atoms with Gasteiger partial charge >= 0.3 is 0 Å². The van der Waals surface area contributed by atoms with E-state index >= 15 is 0 Å². The van der Waals surface area contributed by atoms with Gasteiger partial charge in [0.05, 0.1) is 0 Å². The maximum Gasteiger partial charge on any atom is 0.206 e. The van der Waals surface area contributed by atoms with E-state index in [-0.39, 0.29) is 0 Å². The molecule has 1 N–H and O–H groups in total. The predicted molar refractivity (Wildman–Crippen MR) is 71.3 cm³/mol. The molecule has 1 aromatic rings. The Hall–Kier alpha value is -0.290. The molecule has 16 heavy (non-hydrogen) atoms. The van der Waals surface area contributed by atoms with Crippen molar-refractivity contribution in [1.82, 2.24) is 10.2 Å². The van der Waals surface area contributed by atoms with Gasteiger partial charge in [0.15, 0.2) is 4.34 Å². The van der Waals surface area contributed by atoms with Gasteiger partial charge in [-0.05, 0) is 18.8 Å². The molecule has 0 atom stereocenters. The van der Waals surface area contributed by atoms with Gasteiger partial charge in [-0.3, -0.25) is 0 Å². The lowest BCUT2D eigenvalue weighted by molar-refractivity contribution is 0.687. The van der Waals surface area contributed by atoms with E-state index in [2.05, 4.69) is 29.4 Å². The van der Waals surface area contributed by atoms with E-state index in [0.717, 1.165) is 21.3 Å². The van der Waals surface area contributed by atoms with Gasteiger partial charge in [0.25, 0.3) is 0 Å². The lowest BCUT2D eigenvalue weighted by Gasteiger charge is -2.04. The highest BCUT2D eigenvalue weighted by Crippen LogP contribution is 2.36. The van der Waals surface area contributed by atoms with Gasteiger partial charge in [-0.1, -0.05) is 49.8 Å². The third-order valence-electron chi connectivity index (χ3n) is 2.64. The molecule has 5 heteroatoms. The van der Waals surface area contributed by atoms with Crippen LogP contribution in [0.4, 0.5) is 5.13 Å². The van der Waals surface area contributed by atoms with Gasteiger partial charge in [0.1, 0.15) is 0 Å². The van der Waals surface area contributed by atoms with Crippen LogP contribution in [0.3, 0.4) is 0 Å². The van der Waals surface area contributed by atoms with Crippen molar-refractivity contribution in [2.24, 2.45) is 5.92 Å². The summed E-state index contributed by atoms with van der Waals surface area (Å²) in [6, 6.07) is 0. The molecule has 3 nitrogen and oxygen atoms in total. The molecule has 0 amide bonds. The molecule has 0 unspecified atom stereocenters. The Balaban J connectivity index is 1.81. The van der Waals surface area contributed by atoms with Crippen molar-refractivity contribution in [3.8, 4) is 0 Å². The molecule has 1 aliphatic carbocycles. The average Bonchev–Trinajstić information content (AvgIpc) is 2.87. The Morgan fingerprint density at radius 3 is 2.81 bits per heavy atom. The summed E-state index contributed by atoms with van der Waals surface area (Å²) < 4.78 is 1.12. The number of rotatable bonds is 5. The number of nitrogens with one attached hydrogen (secondary N) is 1.